The second-order valence-electron chi connectivity index (χ2n) is 4.00. The minimum Gasteiger partial charge on any atom is -0.740 e. The standard InChI is InChI=1S/C14H12O6S/c1-19-12-8-11(15)10(7-13(12)20-21(17)18)14(16)9-5-3-2-4-6-9/h2-8,15H,1H3,(H,17,18)/p-1. The molecule has 0 fully saturated rings. The predicted molar refractivity (Wildman–Crippen MR) is 74.1 cm³/mol. The summed E-state index contributed by atoms with van der Waals surface area (Å²) in [6, 6.07) is 10.5. The van der Waals surface area contributed by atoms with Crippen molar-refractivity contribution in [1.82, 2.24) is 0 Å². The lowest BCUT2D eigenvalue weighted by Crippen LogP contribution is -2.05. The lowest BCUT2D eigenvalue weighted by atomic mass is 10.0. The molecule has 0 aromatic heterocycles. The molecule has 0 spiro atoms. The summed E-state index contributed by atoms with van der Waals surface area (Å²) < 4.78 is 30.7. The van der Waals surface area contributed by atoms with E-state index in [0.717, 1.165) is 12.1 Å². The largest absolute Gasteiger partial charge is 0.740 e. The predicted octanol–water partition coefficient (Wildman–Crippen LogP) is 1.80. The van der Waals surface area contributed by atoms with Gasteiger partial charge in [-0.25, -0.2) is 4.21 Å². The molecule has 0 aliphatic heterocycles. The van der Waals surface area contributed by atoms with Gasteiger partial charge < -0.3 is 18.6 Å². The van der Waals surface area contributed by atoms with Crippen LogP contribution in [0.25, 0.3) is 0 Å². The van der Waals surface area contributed by atoms with Gasteiger partial charge in [-0.05, 0) is 0 Å². The van der Waals surface area contributed by atoms with E-state index in [9.17, 15) is 18.7 Å². The molecule has 2 aromatic rings. The SMILES string of the molecule is COc1cc(O)c(C(=O)c2ccccc2)cc1OS(=O)[O-]. The first-order valence-corrected chi connectivity index (χ1v) is 6.81. The van der Waals surface area contributed by atoms with E-state index in [2.05, 4.69) is 4.18 Å². The molecule has 1 N–H and O–H groups in total. The number of hydrogen-bond donors (Lipinski definition) is 1. The molecule has 0 aliphatic rings. The highest BCUT2D eigenvalue weighted by molar-refractivity contribution is 7.74. The van der Waals surface area contributed by atoms with Crippen LogP contribution in [-0.4, -0.2) is 26.8 Å². The molecule has 110 valence electrons. The Bertz CT molecular complexity index is 683. The van der Waals surface area contributed by atoms with Crippen LogP contribution >= 0.6 is 0 Å². The lowest BCUT2D eigenvalue weighted by Gasteiger charge is -2.13. The van der Waals surface area contributed by atoms with Crippen LogP contribution in [0.3, 0.4) is 0 Å². The van der Waals surface area contributed by atoms with Crippen LogP contribution < -0.4 is 8.92 Å². The fourth-order valence-corrected chi connectivity index (χ4v) is 2.05. The Morgan fingerprint density at radius 2 is 1.86 bits per heavy atom. The normalized spacial score (nSPS) is 11.7. The molecule has 0 aliphatic carbocycles. The summed E-state index contributed by atoms with van der Waals surface area (Å²) in [4.78, 5) is 12.3. The second kappa shape index (κ2) is 6.38. The quantitative estimate of drug-likeness (QED) is 0.668. The van der Waals surface area contributed by atoms with Crippen molar-refractivity contribution in [3.8, 4) is 17.2 Å². The minimum absolute atomic E-state index is 0.00121. The Morgan fingerprint density at radius 3 is 2.43 bits per heavy atom. The fourth-order valence-electron chi connectivity index (χ4n) is 1.77. The molecule has 0 bridgehead atoms. The smallest absolute Gasteiger partial charge is 0.196 e. The van der Waals surface area contributed by atoms with Gasteiger partial charge in [-0.15, -0.1) is 0 Å². The van der Waals surface area contributed by atoms with Crippen LogP contribution in [0.1, 0.15) is 15.9 Å². The number of benzene rings is 2. The molecule has 1 unspecified atom stereocenters. The summed E-state index contributed by atoms with van der Waals surface area (Å²) in [5, 5.41) is 9.90. The maximum Gasteiger partial charge on any atom is 0.196 e. The Balaban J connectivity index is 2.48. The zero-order valence-corrected chi connectivity index (χ0v) is 11.8. The maximum atomic E-state index is 12.3. The van der Waals surface area contributed by atoms with Crippen LogP contribution in [0.5, 0.6) is 17.2 Å². The van der Waals surface area contributed by atoms with E-state index in [1.807, 2.05) is 0 Å². The van der Waals surface area contributed by atoms with Crippen molar-refractivity contribution in [3.63, 3.8) is 0 Å². The third-order valence-electron chi connectivity index (χ3n) is 2.72. The second-order valence-corrected chi connectivity index (χ2v) is 4.58. The zero-order chi connectivity index (χ0) is 15.4. The summed E-state index contributed by atoms with van der Waals surface area (Å²) in [6.45, 7) is 0. The van der Waals surface area contributed by atoms with E-state index >= 15 is 0 Å². The van der Waals surface area contributed by atoms with Gasteiger partial charge in [-0.1, -0.05) is 30.3 Å². The molecule has 0 amide bonds. The number of rotatable bonds is 5. The Hall–Kier alpha value is -2.38. The van der Waals surface area contributed by atoms with Gasteiger partial charge in [0.2, 0.25) is 0 Å². The zero-order valence-electron chi connectivity index (χ0n) is 10.9. The molecular weight excluding hydrogens is 296 g/mol. The van der Waals surface area contributed by atoms with Gasteiger partial charge in [0.15, 0.2) is 17.3 Å². The molecule has 7 heteroatoms. The van der Waals surface area contributed by atoms with Gasteiger partial charge in [0.25, 0.3) is 0 Å². The van der Waals surface area contributed by atoms with Gasteiger partial charge in [0.1, 0.15) is 17.1 Å². The number of carbonyl (C=O) groups excluding carboxylic acids is 1. The van der Waals surface area contributed by atoms with Crippen molar-refractivity contribution in [1.29, 1.82) is 0 Å². The molecule has 21 heavy (non-hydrogen) atoms. The number of phenolic OH excluding ortho intramolecular Hbond substituents is 1. The van der Waals surface area contributed by atoms with E-state index in [4.69, 9.17) is 4.74 Å². The molecule has 1 atom stereocenters. The van der Waals surface area contributed by atoms with Crippen molar-refractivity contribution < 1.29 is 27.6 Å². The molecule has 2 aromatic carbocycles. The van der Waals surface area contributed by atoms with Crippen LogP contribution in [-0.2, 0) is 11.4 Å². The number of ether oxygens (including phenoxy) is 1. The first kappa shape index (κ1) is 15.0. The van der Waals surface area contributed by atoms with Crippen LogP contribution in [0.15, 0.2) is 42.5 Å². The number of ketones is 1. The monoisotopic (exact) mass is 307 g/mol. The summed E-state index contributed by atoms with van der Waals surface area (Å²) in [6.07, 6.45) is 0. The summed E-state index contributed by atoms with van der Waals surface area (Å²) in [5.41, 5.74) is 0.273. The number of carbonyl (C=O) groups is 1. The van der Waals surface area contributed by atoms with Gasteiger partial charge in [0.05, 0.1) is 12.7 Å². The maximum absolute atomic E-state index is 12.3. The molecule has 0 saturated carbocycles. The van der Waals surface area contributed by atoms with Gasteiger partial charge in [0, 0.05) is 17.7 Å². The Morgan fingerprint density at radius 1 is 1.19 bits per heavy atom. The van der Waals surface area contributed by atoms with Crippen molar-refractivity contribution in [2.24, 2.45) is 0 Å². The first-order chi connectivity index (χ1) is 10.0. The number of phenols is 1. The first-order valence-electron chi connectivity index (χ1n) is 5.81. The topological polar surface area (TPSA) is 95.9 Å². The van der Waals surface area contributed by atoms with Crippen molar-refractivity contribution in [2.75, 3.05) is 7.11 Å². The number of methoxy groups -OCH3 is 1. The Labute approximate surface area is 123 Å². The summed E-state index contributed by atoms with van der Waals surface area (Å²) >= 11 is -2.82. The fraction of sp³-hybridized carbons (Fsp3) is 0.0714. The minimum atomic E-state index is -2.82. The van der Waals surface area contributed by atoms with E-state index < -0.39 is 17.1 Å². The highest BCUT2D eigenvalue weighted by Gasteiger charge is 2.18. The highest BCUT2D eigenvalue weighted by atomic mass is 32.2. The van der Waals surface area contributed by atoms with Crippen molar-refractivity contribution in [2.45, 2.75) is 0 Å². The highest BCUT2D eigenvalue weighted by Crippen LogP contribution is 2.35. The Kier molecular flexibility index (Phi) is 4.56. The van der Waals surface area contributed by atoms with Crippen molar-refractivity contribution in [3.05, 3.63) is 53.6 Å². The summed E-state index contributed by atoms with van der Waals surface area (Å²) in [5.74, 6) is -0.966. The lowest BCUT2D eigenvalue weighted by molar-refractivity contribution is 0.103. The molecular formula is C14H11O6S-. The molecule has 0 saturated heterocycles. The molecule has 6 nitrogen and oxygen atoms in total. The van der Waals surface area contributed by atoms with E-state index in [-0.39, 0.29) is 22.8 Å². The van der Waals surface area contributed by atoms with Gasteiger partial charge in [-0.3, -0.25) is 4.79 Å². The average Bonchev–Trinajstić information content (AvgIpc) is 2.48. The third-order valence-corrected chi connectivity index (χ3v) is 3.04. The van der Waals surface area contributed by atoms with Gasteiger partial charge in [-0.2, -0.15) is 0 Å². The number of hydrogen-bond acceptors (Lipinski definition) is 6. The van der Waals surface area contributed by atoms with E-state index in [1.165, 1.54) is 7.11 Å². The van der Waals surface area contributed by atoms with E-state index in [0.29, 0.717) is 5.56 Å². The van der Waals surface area contributed by atoms with Crippen LogP contribution in [0.4, 0.5) is 0 Å². The van der Waals surface area contributed by atoms with E-state index in [1.54, 1.807) is 30.3 Å². The van der Waals surface area contributed by atoms with Crippen LogP contribution in [0.2, 0.25) is 0 Å². The number of aromatic hydroxyl groups is 1. The third kappa shape index (κ3) is 3.39. The molecule has 0 radical (unpaired) electrons. The summed E-state index contributed by atoms with van der Waals surface area (Å²) in [7, 11) is 1.29. The molecule has 0 heterocycles. The van der Waals surface area contributed by atoms with Crippen molar-refractivity contribution >= 4 is 17.1 Å². The van der Waals surface area contributed by atoms with Crippen LogP contribution in [0, 0.1) is 0 Å². The molecule has 2 rings (SSSR count). The average molecular weight is 307 g/mol. The van der Waals surface area contributed by atoms with Gasteiger partial charge >= 0.3 is 0 Å².